The molecule has 1 unspecified atom stereocenters. The molecule has 4 heterocycles. The van der Waals surface area contributed by atoms with Gasteiger partial charge in [0, 0.05) is 0 Å². The Hall–Kier alpha value is -0.460. The number of H-pyrrole nitrogens is 1. The molecule has 0 aromatic carbocycles. The van der Waals surface area contributed by atoms with Crippen molar-refractivity contribution in [3.05, 3.63) is 33.1 Å². The fourth-order valence-corrected chi connectivity index (χ4v) is 7.33. The third kappa shape index (κ3) is 2.47. The molecule has 140 valence electrons. The standard InChI is InChI=1S/C15H19ClIN2O6/c1-13-10(23-15(25-13)3-4-17-7-15)11(24-14(13,6-16)8-20)19-5-2-9(21)18-12(19)22/h2,5,10-11,20H,3-4,6-8H2,1H3,(H,18,21,22)/q-1/t10-,11+,13-,14+,15?/m0/s1. The van der Waals surface area contributed by atoms with Crippen molar-refractivity contribution >= 4 is 11.6 Å². The fraction of sp³-hybridized carbons (Fsp3) is 0.733. The van der Waals surface area contributed by atoms with E-state index >= 15 is 0 Å². The van der Waals surface area contributed by atoms with Gasteiger partial charge in [-0.2, -0.15) is 0 Å². The summed E-state index contributed by atoms with van der Waals surface area (Å²) >= 11 is 6.19. The summed E-state index contributed by atoms with van der Waals surface area (Å²) in [5.41, 5.74) is -3.30. The van der Waals surface area contributed by atoms with E-state index in [2.05, 4.69) is 4.98 Å². The Morgan fingerprint density at radius 1 is 1.48 bits per heavy atom. The number of ether oxygens (including phenoxy) is 3. The Bertz CT molecular complexity index is 787. The van der Waals surface area contributed by atoms with Crippen LogP contribution in [-0.2, 0) is 14.2 Å². The van der Waals surface area contributed by atoms with E-state index in [0.29, 0.717) is 0 Å². The van der Waals surface area contributed by atoms with E-state index in [9.17, 15) is 14.7 Å². The molecule has 25 heavy (non-hydrogen) atoms. The number of aromatic amines is 1. The zero-order chi connectivity index (χ0) is 17.9. The number of fused-ring (bicyclic) bond motifs is 1. The molecule has 3 saturated heterocycles. The van der Waals surface area contributed by atoms with Crippen molar-refractivity contribution in [1.82, 2.24) is 9.55 Å². The molecule has 0 bridgehead atoms. The Morgan fingerprint density at radius 3 is 2.88 bits per heavy atom. The maximum atomic E-state index is 12.3. The van der Waals surface area contributed by atoms with E-state index in [0.717, 1.165) is 15.3 Å². The summed E-state index contributed by atoms with van der Waals surface area (Å²) in [6, 6.07) is 1.24. The van der Waals surface area contributed by atoms with Gasteiger partial charge in [0.1, 0.15) is 0 Å². The van der Waals surface area contributed by atoms with Crippen molar-refractivity contribution in [2.45, 2.75) is 42.7 Å². The average Bonchev–Trinajstić information content (AvgIpc) is 3.21. The molecule has 4 rings (SSSR count). The number of hydrogen-bond acceptors (Lipinski definition) is 6. The second-order valence-corrected chi connectivity index (χ2v) is 9.92. The molecule has 1 aromatic heterocycles. The minimum atomic E-state index is -1.20. The van der Waals surface area contributed by atoms with Crippen LogP contribution in [0.1, 0.15) is 19.6 Å². The first-order valence-electron chi connectivity index (χ1n) is 7.96. The van der Waals surface area contributed by atoms with Gasteiger partial charge >= 0.3 is 159 Å². The molecule has 2 N–H and O–H groups in total. The second-order valence-electron chi connectivity index (χ2n) is 6.73. The SMILES string of the molecule is C[C@]12OC3(CC[I-]C3)O[C@H]1[C@H](n1ccc(=O)[nH]c1=O)O[C@@]2(CO)CCl. The molecular formula is C15H19ClIN2O6-. The van der Waals surface area contributed by atoms with Crippen molar-refractivity contribution in [1.29, 1.82) is 0 Å². The summed E-state index contributed by atoms with van der Waals surface area (Å²) in [6.07, 6.45) is 0.690. The molecule has 3 aliphatic heterocycles. The molecule has 3 aliphatic rings. The molecule has 3 fully saturated rings. The van der Waals surface area contributed by atoms with Gasteiger partial charge < -0.3 is 0 Å². The molecule has 8 nitrogen and oxygen atoms in total. The molecule has 1 spiro atoms. The third-order valence-corrected chi connectivity index (χ3v) is 8.73. The summed E-state index contributed by atoms with van der Waals surface area (Å²) in [6.45, 7) is 1.45. The van der Waals surface area contributed by atoms with Crippen LogP contribution in [0, 0.1) is 0 Å². The van der Waals surface area contributed by atoms with E-state index < -0.39 is 40.6 Å². The van der Waals surface area contributed by atoms with Gasteiger partial charge in [0.15, 0.2) is 0 Å². The zero-order valence-corrected chi connectivity index (χ0v) is 16.4. The van der Waals surface area contributed by atoms with Gasteiger partial charge in [0.05, 0.1) is 0 Å². The number of aliphatic hydroxyl groups is 1. The Labute approximate surface area is 158 Å². The second kappa shape index (κ2) is 6.03. The first-order chi connectivity index (χ1) is 11.9. The Kier molecular flexibility index (Phi) is 4.32. The zero-order valence-electron chi connectivity index (χ0n) is 13.5. The Morgan fingerprint density at radius 2 is 2.28 bits per heavy atom. The minimum absolute atomic E-state index is 0.0136. The first kappa shape index (κ1) is 17.9. The van der Waals surface area contributed by atoms with Gasteiger partial charge in [-0.3, -0.25) is 0 Å². The summed E-state index contributed by atoms with van der Waals surface area (Å²) in [7, 11) is 0. The predicted octanol–water partition coefficient (Wildman–Crippen LogP) is -3.60. The first-order valence-corrected chi connectivity index (χ1v) is 11.5. The van der Waals surface area contributed by atoms with Gasteiger partial charge in [-0.15, -0.1) is 0 Å². The van der Waals surface area contributed by atoms with Crippen molar-refractivity contribution in [3.8, 4) is 0 Å². The van der Waals surface area contributed by atoms with E-state index in [1.54, 1.807) is 0 Å². The Balaban J connectivity index is 1.82. The number of alkyl halides is 3. The fourth-order valence-electron chi connectivity index (χ4n) is 3.79. The van der Waals surface area contributed by atoms with Gasteiger partial charge in [-0.25, -0.2) is 0 Å². The van der Waals surface area contributed by atoms with E-state index in [4.69, 9.17) is 25.8 Å². The van der Waals surface area contributed by atoms with Crippen LogP contribution in [0.4, 0.5) is 0 Å². The van der Waals surface area contributed by atoms with Crippen molar-refractivity contribution in [2.75, 3.05) is 21.3 Å². The molecule has 0 amide bonds. The van der Waals surface area contributed by atoms with Crippen molar-refractivity contribution in [2.24, 2.45) is 0 Å². The number of halogens is 2. The van der Waals surface area contributed by atoms with Crippen LogP contribution < -0.4 is 32.5 Å². The van der Waals surface area contributed by atoms with Gasteiger partial charge in [0.25, 0.3) is 0 Å². The van der Waals surface area contributed by atoms with Crippen LogP contribution in [0.3, 0.4) is 0 Å². The predicted molar refractivity (Wildman–Crippen MR) is 83.4 cm³/mol. The average molecular weight is 486 g/mol. The van der Waals surface area contributed by atoms with Crippen molar-refractivity contribution < 1.29 is 40.5 Å². The summed E-state index contributed by atoms with van der Waals surface area (Å²) in [5.74, 6) is -0.702. The quantitative estimate of drug-likeness (QED) is 0.339. The summed E-state index contributed by atoms with van der Waals surface area (Å²) in [5, 5.41) is 10.1. The molecule has 0 aliphatic carbocycles. The molecule has 0 radical (unpaired) electrons. The number of hydrogen-bond donors (Lipinski definition) is 2. The molecule has 1 aromatic rings. The molecule has 0 saturated carbocycles. The number of nitrogens with zero attached hydrogens (tertiary/aromatic N) is 1. The number of aliphatic hydroxyl groups excluding tert-OH is 1. The van der Waals surface area contributed by atoms with Crippen molar-refractivity contribution in [3.63, 3.8) is 0 Å². The maximum absolute atomic E-state index is 12.3. The molecule has 10 heteroatoms. The van der Waals surface area contributed by atoms with Gasteiger partial charge in [0.2, 0.25) is 0 Å². The summed E-state index contributed by atoms with van der Waals surface area (Å²) in [4.78, 5) is 25.8. The van der Waals surface area contributed by atoms with Gasteiger partial charge in [-0.05, 0) is 0 Å². The van der Waals surface area contributed by atoms with Crippen LogP contribution in [0.5, 0.6) is 0 Å². The van der Waals surface area contributed by atoms with Crippen LogP contribution in [0.2, 0.25) is 0 Å². The van der Waals surface area contributed by atoms with Crippen LogP contribution in [-0.4, -0.2) is 59.1 Å². The molecular weight excluding hydrogens is 467 g/mol. The number of rotatable bonds is 3. The molecule has 5 atom stereocenters. The van der Waals surface area contributed by atoms with Crippen LogP contribution >= 0.6 is 11.6 Å². The van der Waals surface area contributed by atoms with Gasteiger partial charge in [-0.1, -0.05) is 0 Å². The van der Waals surface area contributed by atoms with E-state index in [1.807, 2.05) is 6.92 Å². The summed E-state index contributed by atoms with van der Waals surface area (Å²) < 4.78 is 22.0. The van der Waals surface area contributed by atoms with E-state index in [-0.39, 0.29) is 33.7 Å². The number of nitrogens with one attached hydrogen (secondary N) is 1. The number of aromatic nitrogens is 2. The van der Waals surface area contributed by atoms with Crippen LogP contribution in [0.25, 0.3) is 0 Å². The van der Waals surface area contributed by atoms with E-state index in [1.165, 1.54) is 16.8 Å². The topological polar surface area (TPSA) is 103 Å². The normalized spacial score (nSPS) is 43.3. The monoisotopic (exact) mass is 485 g/mol. The third-order valence-electron chi connectivity index (χ3n) is 5.30. The van der Waals surface area contributed by atoms with Crippen LogP contribution in [0.15, 0.2) is 21.9 Å².